The number of anilines is 1. The zero-order valence-electron chi connectivity index (χ0n) is 15.1. The van der Waals surface area contributed by atoms with Crippen molar-refractivity contribution < 1.29 is 18.8 Å². The van der Waals surface area contributed by atoms with Gasteiger partial charge in [0, 0.05) is 11.8 Å². The van der Waals surface area contributed by atoms with Crippen molar-refractivity contribution in [2.75, 3.05) is 12.4 Å². The van der Waals surface area contributed by atoms with Crippen LogP contribution in [0.25, 0.3) is 0 Å². The minimum atomic E-state index is -0.836. The smallest absolute Gasteiger partial charge is 0.350 e. The number of aromatic nitrogens is 4. The molecule has 28 heavy (non-hydrogen) atoms. The van der Waals surface area contributed by atoms with Gasteiger partial charge in [0.2, 0.25) is 5.91 Å². The van der Waals surface area contributed by atoms with E-state index in [1.807, 2.05) is 0 Å². The highest BCUT2D eigenvalue weighted by Gasteiger charge is 2.25. The van der Waals surface area contributed by atoms with Gasteiger partial charge in [0.1, 0.15) is 18.1 Å². The Morgan fingerprint density at radius 2 is 2.14 bits per heavy atom. The first-order valence-electron chi connectivity index (χ1n) is 8.23. The molecule has 3 rings (SSSR count). The molecule has 0 fully saturated rings. The van der Waals surface area contributed by atoms with E-state index in [2.05, 4.69) is 15.5 Å². The van der Waals surface area contributed by atoms with E-state index in [1.165, 1.54) is 31.0 Å². The van der Waals surface area contributed by atoms with Gasteiger partial charge >= 0.3 is 11.6 Å². The van der Waals surface area contributed by atoms with Crippen LogP contribution in [0, 0.1) is 15.9 Å². The van der Waals surface area contributed by atoms with Crippen molar-refractivity contribution in [3.8, 4) is 5.88 Å². The Morgan fingerprint density at radius 3 is 2.79 bits per heavy atom. The molecule has 0 spiro atoms. The quantitative estimate of drug-likeness (QED) is 0.491. The van der Waals surface area contributed by atoms with Crippen LogP contribution in [0.3, 0.4) is 0 Å². The van der Waals surface area contributed by atoms with Crippen LogP contribution in [0.1, 0.15) is 18.5 Å². The fourth-order valence-corrected chi connectivity index (χ4v) is 2.52. The molecule has 1 amide bonds. The molecule has 2 aromatic heterocycles. The molecule has 0 saturated heterocycles. The summed E-state index contributed by atoms with van der Waals surface area (Å²) >= 11 is 0. The molecule has 10 nitrogen and oxygen atoms in total. The van der Waals surface area contributed by atoms with Crippen LogP contribution >= 0.6 is 0 Å². The van der Waals surface area contributed by atoms with Crippen molar-refractivity contribution in [3.63, 3.8) is 0 Å². The topological polar surface area (TPSA) is 117 Å². The second-order valence-corrected chi connectivity index (χ2v) is 5.94. The van der Waals surface area contributed by atoms with Gasteiger partial charge < -0.3 is 10.1 Å². The molecule has 2 heterocycles. The average molecular weight is 388 g/mol. The zero-order valence-corrected chi connectivity index (χ0v) is 15.1. The van der Waals surface area contributed by atoms with Crippen LogP contribution < -0.4 is 10.1 Å². The van der Waals surface area contributed by atoms with Gasteiger partial charge in [0.05, 0.1) is 30.5 Å². The third-order valence-electron chi connectivity index (χ3n) is 4.04. The highest BCUT2D eigenvalue weighted by Crippen LogP contribution is 2.26. The normalized spacial score (nSPS) is 11.8. The molecule has 1 N–H and O–H groups in total. The van der Waals surface area contributed by atoms with Crippen LogP contribution in [-0.4, -0.2) is 37.5 Å². The molecule has 1 unspecified atom stereocenters. The Balaban J connectivity index is 1.69. The van der Waals surface area contributed by atoms with Crippen LogP contribution in [0.5, 0.6) is 5.88 Å². The van der Waals surface area contributed by atoms with Crippen molar-refractivity contribution in [2.45, 2.75) is 19.5 Å². The summed E-state index contributed by atoms with van der Waals surface area (Å²) in [4.78, 5) is 22.8. The number of methoxy groups -OCH3 is 1. The van der Waals surface area contributed by atoms with Gasteiger partial charge in [-0.15, -0.1) is 5.10 Å². The molecule has 146 valence electrons. The number of benzene rings is 1. The number of hydrogen-bond donors (Lipinski definition) is 1. The number of nitrogens with one attached hydrogen (secondary N) is 1. The van der Waals surface area contributed by atoms with Gasteiger partial charge in [-0.3, -0.25) is 19.6 Å². The number of nitrogens with zero attached hydrogens (tertiary/aromatic N) is 5. The predicted octanol–water partition coefficient (Wildman–Crippen LogP) is 2.38. The van der Waals surface area contributed by atoms with Gasteiger partial charge in [-0.05, 0) is 13.0 Å². The Hall–Kier alpha value is -3.76. The SMILES string of the molecule is COc1nn(C(C)C(=O)Nc2cnn(Cc3ccccc3F)c2)cc1[N+](=O)[O-]. The number of halogens is 1. The fraction of sp³-hybridized carbons (Fsp3) is 0.235. The summed E-state index contributed by atoms with van der Waals surface area (Å²) in [6.45, 7) is 1.75. The lowest BCUT2D eigenvalue weighted by Gasteiger charge is -2.10. The Labute approximate surface area is 158 Å². The summed E-state index contributed by atoms with van der Waals surface area (Å²) < 4.78 is 21.2. The Morgan fingerprint density at radius 1 is 1.39 bits per heavy atom. The van der Waals surface area contributed by atoms with E-state index in [4.69, 9.17) is 4.74 Å². The molecule has 0 aliphatic rings. The lowest BCUT2D eigenvalue weighted by molar-refractivity contribution is -0.385. The average Bonchev–Trinajstić information content (AvgIpc) is 3.29. The standard InChI is InChI=1S/C17H17FN6O4/c1-11(23-10-15(24(26)27)17(21-23)28-2)16(25)20-13-7-19-22(9-13)8-12-5-3-4-6-14(12)18/h3-7,9-11H,8H2,1-2H3,(H,20,25). The lowest BCUT2D eigenvalue weighted by Crippen LogP contribution is -2.23. The molecule has 0 saturated carbocycles. The fourth-order valence-electron chi connectivity index (χ4n) is 2.52. The minimum Gasteiger partial charge on any atom is -0.475 e. The van der Waals surface area contributed by atoms with Crippen LogP contribution in [0.15, 0.2) is 42.9 Å². The highest BCUT2D eigenvalue weighted by atomic mass is 19.1. The number of amides is 1. The van der Waals surface area contributed by atoms with Crippen molar-refractivity contribution in [1.82, 2.24) is 19.6 Å². The van der Waals surface area contributed by atoms with Gasteiger partial charge in [-0.25, -0.2) is 9.07 Å². The van der Waals surface area contributed by atoms with Gasteiger partial charge in [0.15, 0.2) is 0 Å². The van der Waals surface area contributed by atoms with Crippen molar-refractivity contribution in [1.29, 1.82) is 0 Å². The van der Waals surface area contributed by atoms with E-state index < -0.39 is 16.9 Å². The molecule has 3 aromatic rings. The van der Waals surface area contributed by atoms with Gasteiger partial charge in [-0.1, -0.05) is 18.2 Å². The third-order valence-corrected chi connectivity index (χ3v) is 4.04. The number of carbonyl (C=O) groups excluding carboxylic acids is 1. The van der Waals surface area contributed by atoms with Crippen LogP contribution in [0.4, 0.5) is 15.8 Å². The zero-order chi connectivity index (χ0) is 20.3. The molecule has 0 bridgehead atoms. The second kappa shape index (κ2) is 7.86. The predicted molar refractivity (Wildman–Crippen MR) is 96.5 cm³/mol. The molecule has 0 aliphatic carbocycles. The molecule has 11 heteroatoms. The first-order chi connectivity index (χ1) is 13.4. The maximum Gasteiger partial charge on any atom is 0.350 e. The first kappa shape index (κ1) is 19.0. The number of nitro groups is 1. The number of hydrogen-bond acceptors (Lipinski definition) is 6. The molecule has 0 radical (unpaired) electrons. The molecule has 1 aromatic carbocycles. The Bertz CT molecular complexity index is 1010. The lowest BCUT2D eigenvalue weighted by atomic mass is 10.2. The van der Waals surface area contributed by atoms with Gasteiger partial charge in [-0.2, -0.15) is 5.10 Å². The molecule has 1 atom stereocenters. The summed E-state index contributed by atoms with van der Waals surface area (Å²) in [7, 11) is 1.26. The summed E-state index contributed by atoms with van der Waals surface area (Å²) in [5.41, 5.74) is 0.537. The van der Waals surface area contributed by atoms with Crippen LogP contribution in [-0.2, 0) is 11.3 Å². The second-order valence-electron chi connectivity index (χ2n) is 5.94. The summed E-state index contributed by atoms with van der Waals surface area (Å²) in [6, 6.07) is 5.50. The third kappa shape index (κ3) is 3.98. The largest absolute Gasteiger partial charge is 0.475 e. The van der Waals surface area contributed by atoms with E-state index in [1.54, 1.807) is 24.4 Å². The van der Waals surface area contributed by atoms with E-state index in [9.17, 15) is 19.3 Å². The maximum atomic E-state index is 13.7. The molecular formula is C17H17FN6O4. The molecule has 0 aliphatic heterocycles. The minimum absolute atomic E-state index is 0.178. The van der Waals surface area contributed by atoms with Gasteiger partial charge in [0.25, 0.3) is 0 Å². The summed E-state index contributed by atoms with van der Waals surface area (Å²) in [5, 5.41) is 21.6. The first-order valence-corrected chi connectivity index (χ1v) is 8.23. The number of ether oxygens (including phenoxy) is 1. The van der Waals surface area contributed by atoms with Crippen LogP contribution in [0.2, 0.25) is 0 Å². The monoisotopic (exact) mass is 388 g/mol. The van der Waals surface area contributed by atoms with E-state index >= 15 is 0 Å². The summed E-state index contributed by atoms with van der Waals surface area (Å²) in [6.07, 6.45) is 4.12. The van der Waals surface area contributed by atoms with Crippen molar-refractivity contribution in [2.24, 2.45) is 0 Å². The Kier molecular flexibility index (Phi) is 5.34. The van der Waals surface area contributed by atoms with Crippen molar-refractivity contribution in [3.05, 3.63) is 64.4 Å². The molecular weight excluding hydrogens is 371 g/mol. The maximum absolute atomic E-state index is 13.7. The number of rotatable bonds is 7. The van der Waals surface area contributed by atoms with E-state index in [-0.39, 0.29) is 23.9 Å². The highest BCUT2D eigenvalue weighted by molar-refractivity contribution is 5.93. The summed E-state index contributed by atoms with van der Waals surface area (Å²) in [5.74, 6) is -0.973. The van der Waals surface area contributed by atoms with E-state index in [0.29, 0.717) is 11.3 Å². The van der Waals surface area contributed by atoms with Crippen molar-refractivity contribution >= 4 is 17.3 Å². The van der Waals surface area contributed by atoms with E-state index in [0.717, 1.165) is 10.9 Å². The number of carbonyl (C=O) groups is 1.